The third kappa shape index (κ3) is 2.34. The third-order valence-corrected chi connectivity index (χ3v) is 2.63. The van der Waals surface area contributed by atoms with Gasteiger partial charge in [-0.1, -0.05) is 24.6 Å². The number of hydrogen-bond acceptors (Lipinski definition) is 5. The van der Waals surface area contributed by atoms with Gasteiger partial charge in [-0.05, 0) is 18.2 Å². The molecule has 0 saturated carbocycles. The number of aryl methyl sites for hydroxylation is 1. The molecule has 2 aromatic rings. The lowest BCUT2D eigenvalue weighted by molar-refractivity contribution is 0.770. The van der Waals surface area contributed by atoms with Gasteiger partial charge in [0.1, 0.15) is 5.82 Å². The minimum atomic E-state index is -0.447. The molecule has 0 aliphatic rings. The van der Waals surface area contributed by atoms with Crippen LogP contribution in [0.25, 0.3) is 5.69 Å². The van der Waals surface area contributed by atoms with Gasteiger partial charge in [-0.15, -0.1) is 0 Å². The Hall–Kier alpha value is -1.92. The highest BCUT2D eigenvalue weighted by Crippen LogP contribution is 2.14. The molecule has 3 N–H and O–H groups in total. The molecule has 0 fully saturated rings. The lowest BCUT2D eigenvalue weighted by Crippen LogP contribution is -2.28. The van der Waals surface area contributed by atoms with Crippen molar-refractivity contribution in [1.82, 2.24) is 14.5 Å². The van der Waals surface area contributed by atoms with E-state index in [1.54, 1.807) is 24.3 Å². The maximum atomic E-state index is 12.0. The summed E-state index contributed by atoms with van der Waals surface area (Å²) in [5, 5.41) is 0.544. The second-order valence-corrected chi connectivity index (χ2v) is 4.00. The van der Waals surface area contributed by atoms with E-state index in [0.717, 1.165) is 0 Å². The summed E-state index contributed by atoms with van der Waals surface area (Å²) in [6.45, 7) is 1.89. The Balaban J connectivity index is 2.67. The van der Waals surface area contributed by atoms with Crippen LogP contribution in [-0.2, 0) is 6.42 Å². The molecule has 0 radical (unpaired) electrons. The van der Waals surface area contributed by atoms with Gasteiger partial charge in [0.2, 0.25) is 5.95 Å². The Kier molecular flexibility index (Phi) is 3.59. The lowest BCUT2D eigenvalue weighted by atomic mass is 10.3. The van der Waals surface area contributed by atoms with E-state index in [-0.39, 0.29) is 5.95 Å². The molecule has 6 nitrogen and oxygen atoms in total. The molecule has 0 saturated heterocycles. The molecule has 7 heteroatoms. The van der Waals surface area contributed by atoms with Crippen molar-refractivity contribution in [3.63, 3.8) is 0 Å². The van der Waals surface area contributed by atoms with Gasteiger partial charge >= 0.3 is 5.69 Å². The van der Waals surface area contributed by atoms with Crippen LogP contribution < -0.4 is 17.0 Å². The summed E-state index contributed by atoms with van der Waals surface area (Å²) in [6, 6.07) is 6.95. The molecule has 0 aliphatic heterocycles. The van der Waals surface area contributed by atoms with Gasteiger partial charge < -0.3 is 0 Å². The molecule has 2 rings (SSSR count). The van der Waals surface area contributed by atoms with Gasteiger partial charge in [0.15, 0.2) is 0 Å². The zero-order valence-corrected chi connectivity index (χ0v) is 10.5. The number of nitrogens with two attached hydrogens (primary N) is 1. The molecule has 0 spiro atoms. The first-order chi connectivity index (χ1) is 8.65. The molecule has 0 atom stereocenters. The van der Waals surface area contributed by atoms with Crippen molar-refractivity contribution in [2.75, 3.05) is 5.43 Å². The minimum Gasteiger partial charge on any atom is -0.292 e. The largest absolute Gasteiger partial charge is 0.356 e. The topological polar surface area (TPSA) is 85.8 Å². The second kappa shape index (κ2) is 5.16. The normalized spacial score (nSPS) is 10.4. The van der Waals surface area contributed by atoms with Crippen molar-refractivity contribution in [2.45, 2.75) is 13.3 Å². The summed E-state index contributed by atoms with van der Waals surface area (Å²) >= 11 is 5.91. The number of hydrazine groups is 1. The number of rotatable bonds is 3. The van der Waals surface area contributed by atoms with Gasteiger partial charge in [-0.3, -0.25) is 5.43 Å². The number of aromatic nitrogens is 3. The fraction of sp³-hybridized carbons (Fsp3) is 0.182. The minimum absolute atomic E-state index is 0.107. The summed E-state index contributed by atoms with van der Waals surface area (Å²) in [7, 11) is 0. The monoisotopic (exact) mass is 265 g/mol. The number of hydrogen-bond donors (Lipinski definition) is 2. The van der Waals surface area contributed by atoms with E-state index in [0.29, 0.717) is 23.0 Å². The van der Waals surface area contributed by atoms with Crippen molar-refractivity contribution < 1.29 is 0 Å². The first kappa shape index (κ1) is 12.5. The number of nitrogen functional groups attached to an aromatic ring is 1. The van der Waals surface area contributed by atoms with Crippen LogP contribution in [0.2, 0.25) is 5.02 Å². The van der Waals surface area contributed by atoms with Gasteiger partial charge in [0.05, 0.1) is 5.69 Å². The molecule has 0 bridgehead atoms. The highest BCUT2D eigenvalue weighted by molar-refractivity contribution is 6.30. The molecule has 18 heavy (non-hydrogen) atoms. The van der Waals surface area contributed by atoms with Crippen LogP contribution in [0.15, 0.2) is 29.1 Å². The summed E-state index contributed by atoms with van der Waals surface area (Å²) in [6.07, 6.45) is 0.568. The number of anilines is 1. The van der Waals surface area contributed by atoms with E-state index in [4.69, 9.17) is 17.4 Å². The molecule has 94 valence electrons. The zero-order valence-electron chi connectivity index (χ0n) is 9.72. The molecule has 0 aliphatic carbocycles. The second-order valence-electron chi connectivity index (χ2n) is 3.56. The standard InChI is InChI=1S/C11H12ClN5O/c1-2-9-14-10(16-13)15-11(18)17(9)8-5-3-4-7(12)6-8/h3-6H,2,13H2,1H3,(H,15,16,18). The molecule has 0 amide bonds. The molecular weight excluding hydrogens is 254 g/mol. The zero-order chi connectivity index (χ0) is 13.1. The summed E-state index contributed by atoms with van der Waals surface area (Å²) < 4.78 is 1.41. The Morgan fingerprint density at radius 1 is 1.44 bits per heavy atom. The van der Waals surface area contributed by atoms with Crippen LogP contribution in [0.3, 0.4) is 0 Å². The van der Waals surface area contributed by atoms with Crippen molar-refractivity contribution in [1.29, 1.82) is 0 Å². The first-order valence-corrected chi connectivity index (χ1v) is 5.76. The van der Waals surface area contributed by atoms with Crippen LogP contribution >= 0.6 is 11.6 Å². The highest BCUT2D eigenvalue weighted by atomic mass is 35.5. The van der Waals surface area contributed by atoms with Gasteiger partial charge in [-0.25, -0.2) is 15.2 Å². The predicted molar refractivity (Wildman–Crippen MR) is 69.8 cm³/mol. The van der Waals surface area contributed by atoms with Gasteiger partial charge in [0, 0.05) is 11.4 Å². The maximum Gasteiger partial charge on any atom is 0.356 e. The number of nitrogens with one attached hydrogen (secondary N) is 1. The van der Waals surface area contributed by atoms with Crippen LogP contribution in [0.4, 0.5) is 5.95 Å². The van der Waals surface area contributed by atoms with Crippen molar-refractivity contribution in [3.8, 4) is 5.69 Å². The number of benzene rings is 1. The quantitative estimate of drug-likeness (QED) is 0.642. The van der Waals surface area contributed by atoms with Gasteiger partial charge in [-0.2, -0.15) is 9.97 Å². The molecule has 1 heterocycles. The molecule has 1 aromatic heterocycles. The maximum absolute atomic E-state index is 12.0. The smallest absolute Gasteiger partial charge is 0.292 e. The van der Waals surface area contributed by atoms with Gasteiger partial charge in [0.25, 0.3) is 0 Å². The summed E-state index contributed by atoms with van der Waals surface area (Å²) in [4.78, 5) is 19.8. The lowest BCUT2D eigenvalue weighted by Gasteiger charge is -2.11. The van der Waals surface area contributed by atoms with Crippen LogP contribution in [-0.4, -0.2) is 14.5 Å². The summed E-state index contributed by atoms with van der Waals surface area (Å²) in [5.74, 6) is 5.88. The van der Waals surface area contributed by atoms with E-state index in [9.17, 15) is 4.79 Å². The van der Waals surface area contributed by atoms with Crippen LogP contribution in [0.5, 0.6) is 0 Å². The Morgan fingerprint density at radius 2 is 2.22 bits per heavy atom. The van der Waals surface area contributed by atoms with E-state index in [1.807, 2.05) is 6.92 Å². The average molecular weight is 266 g/mol. The van der Waals surface area contributed by atoms with Crippen molar-refractivity contribution in [2.24, 2.45) is 5.84 Å². The van der Waals surface area contributed by atoms with Crippen molar-refractivity contribution in [3.05, 3.63) is 45.6 Å². The SMILES string of the molecule is CCc1nc(NN)nc(=O)n1-c1cccc(Cl)c1. The molecular formula is C11H12ClN5O. The highest BCUT2D eigenvalue weighted by Gasteiger charge is 2.10. The first-order valence-electron chi connectivity index (χ1n) is 5.38. The summed E-state index contributed by atoms with van der Waals surface area (Å²) in [5.41, 5.74) is 2.46. The van der Waals surface area contributed by atoms with Crippen LogP contribution in [0.1, 0.15) is 12.7 Å². The van der Waals surface area contributed by atoms with E-state index in [2.05, 4.69) is 15.4 Å². The Labute approximate surface area is 108 Å². The third-order valence-electron chi connectivity index (χ3n) is 2.40. The Bertz CT molecular complexity index is 625. The predicted octanol–water partition coefficient (Wildman–Crippen LogP) is 1.13. The number of halogens is 1. The van der Waals surface area contributed by atoms with E-state index >= 15 is 0 Å². The molecule has 1 aromatic carbocycles. The van der Waals surface area contributed by atoms with Crippen molar-refractivity contribution >= 4 is 17.5 Å². The van der Waals surface area contributed by atoms with Crippen LogP contribution in [0, 0.1) is 0 Å². The van der Waals surface area contributed by atoms with E-state index < -0.39 is 5.69 Å². The fourth-order valence-electron chi connectivity index (χ4n) is 1.62. The molecule has 0 unspecified atom stereocenters. The number of nitrogens with zero attached hydrogens (tertiary/aromatic N) is 3. The Morgan fingerprint density at radius 3 is 2.83 bits per heavy atom. The average Bonchev–Trinajstić information content (AvgIpc) is 2.37. The fourth-order valence-corrected chi connectivity index (χ4v) is 1.81. The van der Waals surface area contributed by atoms with E-state index in [1.165, 1.54) is 4.57 Å².